The van der Waals surface area contributed by atoms with Gasteiger partial charge < -0.3 is 4.90 Å². The number of anilines is 1. The third kappa shape index (κ3) is 3.58. The summed E-state index contributed by atoms with van der Waals surface area (Å²) in [6.07, 6.45) is 5.01. The Hall–Kier alpha value is -1.87. The number of carbonyl (C=O) groups excluding carboxylic acids is 1. The van der Waals surface area contributed by atoms with Crippen LogP contribution in [-0.2, 0) is 0 Å². The zero-order valence-corrected chi connectivity index (χ0v) is 12.7. The molecule has 0 saturated carbocycles. The first kappa shape index (κ1) is 14.5. The molecule has 0 aliphatic rings. The summed E-state index contributed by atoms with van der Waals surface area (Å²) in [6, 6.07) is 12.4. The normalized spacial score (nSPS) is 10.9. The molecule has 2 rings (SSSR count). The van der Waals surface area contributed by atoms with Crippen molar-refractivity contribution in [3.8, 4) is 0 Å². The third-order valence-corrected chi connectivity index (χ3v) is 4.20. The van der Waals surface area contributed by atoms with Crippen LogP contribution in [0.25, 0.3) is 12.2 Å². The molecule has 1 aromatic heterocycles. The summed E-state index contributed by atoms with van der Waals surface area (Å²) in [6.45, 7) is 6.38. The lowest BCUT2D eigenvalue weighted by molar-refractivity contribution is 0.112. The molecule has 0 saturated heterocycles. The average molecular weight is 285 g/mol. The highest BCUT2D eigenvalue weighted by Crippen LogP contribution is 2.19. The summed E-state index contributed by atoms with van der Waals surface area (Å²) >= 11 is 1.50. The van der Waals surface area contributed by atoms with E-state index in [-0.39, 0.29) is 0 Å². The average Bonchev–Trinajstić information content (AvgIpc) is 2.96. The van der Waals surface area contributed by atoms with Gasteiger partial charge in [0.2, 0.25) is 0 Å². The molecule has 0 bridgehead atoms. The van der Waals surface area contributed by atoms with Crippen molar-refractivity contribution in [3.05, 3.63) is 51.7 Å². The molecular weight excluding hydrogens is 266 g/mol. The Morgan fingerprint density at radius 3 is 2.15 bits per heavy atom. The van der Waals surface area contributed by atoms with E-state index in [1.165, 1.54) is 22.6 Å². The van der Waals surface area contributed by atoms with E-state index in [1.807, 2.05) is 18.2 Å². The molecule has 0 radical (unpaired) electrons. The first-order valence-corrected chi connectivity index (χ1v) is 7.66. The molecule has 1 heterocycles. The molecule has 0 atom stereocenters. The van der Waals surface area contributed by atoms with Crippen molar-refractivity contribution < 1.29 is 4.79 Å². The molecule has 2 aromatic rings. The highest BCUT2D eigenvalue weighted by Gasteiger charge is 2.00. The maximum atomic E-state index is 10.6. The maximum absolute atomic E-state index is 10.6. The molecule has 0 aliphatic heterocycles. The lowest BCUT2D eigenvalue weighted by Crippen LogP contribution is -2.21. The van der Waals surface area contributed by atoms with Crippen LogP contribution < -0.4 is 4.90 Å². The van der Waals surface area contributed by atoms with Gasteiger partial charge in [-0.2, -0.15) is 0 Å². The molecule has 0 fully saturated rings. The Morgan fingerprint density at radius 1 is 0.950 bits per heavy atom. The molecule has 0 N–H and O–H groups in total. The number of hydrogen-bond donors (Lipinski definition) is 0. The zero-order valence-electron chi connectivity index (χ0n) is 11.9. The maximum Gasteiger partial charge on any atom is 0.160 e. The van der Waals surface area contributed by atoms with Crippen LogP contribution in [0.3, 0.4) is 0 Å². The number of rotatable bonds is 6. The van der Waals surface area contributed by atoms with Crippen molar-refractivity contribution in [2.75, 3.05) is 18.0 Å². The fourth-order valence-electron chi connectivity index (χ4n) is 2.08. The minimum absolute atomic E-state index is 0.765. The molecule has 0 spiro atoms. The summed E-state index contributed by atoms with van der Waals surface area (Å²) in [5.74, 6) is 0. The summed E-state index contributed by atoms with van der Waals surface area (Å²) < 4.78 is 0. The molecular formula is C17H19NOS. The molecule has 0 aliphatic carbocycles. The van der Waals surface area contributed by atoms with Gasteiger partial charge in [0, 0.05) is 23.7 Å². The molecule has 2 nitrogen and oxygen atoms in total. The number of carbonyl (C=O) groups is 1. The quantitative estimate of drug-likeness (QED) is 0.724. The van der Waals surface area contributed by atoms with Gasteiger partial charge >= 0.3 is 0 Å². The standard InChI is InChI=1S/C17H19NOS/c1-3-18(4-2)15-8-5-14(6-9-15)7-10-16-11-12-17(13-19)20-16/h5-13H,3-4H2,1-2H3/b10-7+. The van der Waals surface area contributed by atoms with Gasteiger partial charge in [0.1, 0.15) is 0 Å². The van der Waals surface area contributed by atoms with E-state index in [2.05, 4.69) is 49.1 Å². The van der Waals surface area contributed by atoms with Gasteiger partial charge in [0.05, 0.1) is 4.88 Å². The van der Waals surface area contributed by atoms with Crippen LogP contribution in [-0.4, -0.2) is 19.4 Å². The van der Waals surface area contributed by atoms with E-state index in [9.17, 15) is 4.79 Å². The van der Waals surface area contributed by atoms with E-state index in [4.69, 9.17) is 0 Å². The molecule has 0 amide bonds. The third-order valence-electron chi connectivity index (χ3n) is 3.23. The fraction of sp³-hybridized carbons (Fsp3) is 0.235. The topological polar surface area (TPSA) is 20.3 Å². The first-order chi connectivity index (χ1) is 9.76. The SMILES string of the molecule is CCN(CC)c1ccc(/C=C/c2ccc(C=O)s2)cc1. The Morgan fingerprint density at radius 2 is 1.60 bits per heavy atom. The van der Waals surface area contributed by atoms with Crippen molar-refractivity contribution >= 4 is 35.5 Å². The summed E-state index contributed by atoms with van der Waals surface area (Å²) in [5, 5.41) is 0. The molecule has 3 heteroatoms. The van der Waals surface area contributed by atoms with E-state index < -0.39 is 0 Å². The van der Waals surface area contributed by atoms with Crippen molar-refractivity contribution in [2.45, 2.75) is 13.8 Å². The first-order valence-electron chi connectivity index (χ1n) is 6.85. The van der Waals surface area contributed by atoms with Crippen molar-refractivity contribution in [1.82, 2.24) is 0 Å². The van der Waals surface area contributed by atoms with Crippen LogP contribution in [0.5, 0.6) is 0 Å². The Bertz CT molecular complexity index is 579. The predicted octanol–water partition coefficient (Wildman–Crippen LogP) is 4.58. The lowest BCUT2D eigenvalue weighted by Gasteiger charge is -2.20. The van der Waals surface area contributed by atoms with Crippen LogP contribution in [0.15, 0.2) is 36.4 Å². The summed E-state index contributed by atoms with van der Waals surface area (Å²) in [7, 11) is 0. The van der Waals surface area contributed by atoms with Gasteiger partial charge in [-0.05, 0) is 49.8 Å². The number of benzene rings is 1. The number of thiophene rings is 1. The smallest absolute Gasteiger partial charge is 0.160 e. The fourth-order valence-corrected chi connectivity index (χ4v) is 2.81. The van der Waals surface area contributed by atoms with Crippen LogP contribution in [0, 0.1) is 0 Å². The van der Waals surface area contributed by atoms with Gasteiger partial charge in [-0.25, -0.2) is 0 Å². The van der Waals surface area contributed by atoms with Crippen molar-refractivity contribution in [2.24, 2.45) is 0 Å². The monoisotopic (exact) mass is 285 g/mol. The van der Waals surface area contributed by atoms with Crippen LogP contribution in [0.4, 0.5) is 5.69 Å². The van der Waals surface area contributed by atoms with Crippen LogP contribution in [0.1, 0.15) is 34.0 Å². The second-order valence-electron chi connectivity index (χ2n) is 4.46. The number of hydrogen-bond acceptors (Lipinski definition) is 3. The van der Waals surface area contributed by atoms with E-state index >= 15 is 0 Å². The van der Waals surface area contributed by atoms with Gasteiger partial charge in [-0.1, -0.05) is 18.2 Å². The molecule has 104 valence electrons. The zero-order chi connectivity index (χ0) is 14.4. The van der Waals surface area contributed by atoms with E-state index in [1.54, 1.807) is 0 Å². The molecule has 0 unspecified atom stereocenters. The second kappa shape index (κ2) is 7.06. The highest BCUT2D eigenvalue weighted by molar-refractivity contribution is 7.14. The van der Waals surface area contributed by atoms with E-state index in [0.29, 0.717) is 0 Å². The summed E-state index contributed by atoms with van der Waals surface area (Å²) in [4.78, 5) is 14.8. The Labute approximate surface area is 124 Å². The molecule has 1 aromatic carbocycles. The number of nitrogens with zero attached hydrogens (tertiary/aromatic N) is 1. The van der Waals surface area contributed by atoms with Crippen LogP contribution >= 0.6 is 11.3 Å². The second-order valence-corrected chi connectivity index (χ2v) is 5.60. The van der Waals surface area contributed by atoms with Gasteiger partial charge in [-0.15, -0.1) is 11.3 Å². The van der Waals surface area contributed by atoms with Crippen LogP contribution in [0.2, 0.25) is 0 Å². The Balaban J connectivity index is 2.08. The van der Waals surface area contributed by atoms with Crippen molar-refractivity contribution in [1.29, 1.82) is 0 Å². The largest absolute Gasteiger partial charge is 0.372 e. The minimum Gasteiger partial charge on any atom is -0.372 e. The minimum atomic E-state index is 0.765. The van der Waals surface area contributed by atoms with Crippen molar-refractivity contribution in [3.63, 3.8) is 0 Å². The van der Waals surface area contributed by atoms with Gasteiger partial charge in [-0.3, -0.25) is 4.79 Å². The summed E-state index contributed by atoms with van der Waals surface area (Å²) in [5.41, 5.74) is 2.42. The van der Waals surface area contributed by atoms with Gasteiger partial charge in [0.15, 0.2) is 6.29 Å². The van der Waals surface area contributed by atoms with Gasteiger partial charge in [0.25, 0.3) is 0 Å². The van der Waals surface area contributed by atoms with E-state index in [0.717, 1.165) is 29.1 Å². The Kier molecular flexibility index (Phi) is 5.13. The molecule has 20 heavy (non-hydrogen) atoms. The predicted molar refractivity (Wildman–Crippen MR) is 88.6 cm³/mol. The lowest BCUT2D eigenvalue weighted by atomic mass is 10.1. The number of aldehydes is 1. The highest BCUT2D eigenvalue weighted by atomic mass is 32.1.